The second-order valence-corrected chi connectivity index (χ2v) is 21.8. The molecule has 0 aliphatic rings. The van der Waals surface area contributed by atoms with E-state index in [4.69, 9.17) is 29.4 Å². The number of nitrogens with zero attached hydrogens (tertiary/aromatic N) is 4. The second kappa shape index (κ2) is 14.3. The zero-order valence-electron chi connectivity index (χ0n) is 29.8. The SMILES string of the molecule is CCC[C@@H](CC(C)(C)S(N)=O)c1cccc(-c2cc(OCC(C)(C)O)c3cnn(-c4cccc(CO[Si](C)(C)C(C)(C)C)n4)c3c2)n1. The molecule has 0 fully saturated rings. The first-order valence-corrected chi connectivity index (χ1v) is 20.5. The molecule has 0 saturated heterocycles. The Morgan fingerprint density at radius 2 is 1.72 bits per heavy atom. The molecule has 3 heterocycles. The largest absolute Gasteiger partial charge is 0.490 e. The van der Waals surface area contributed by atoms with Gasteiger partial charge in [0, 0.05) is 17.2 Å². The maximum Gasteiger partial charge on any atom is 0.192 e. The third-order valence-corrected chi connectivity index (χ3v) is 14.8. The minimum Gasteiger partial charge on any atom is -0.490 e. The Kier molecular flexibility index (Phi) is 11.2. The Hall–Kier alpha value is -2.96. The van der Waals surface area contributed by atoms with Crippen molar-refractivity contribution in [3.63, 3.8) is 0 Å². The molecule has 3 aromatic heterocycles. The number of hydrogen-bond donors (Lipinski definition) is 2. The summed E-state index contributed by atoms with van der Waals surface area (Å²) in [6.07, 6.45) is 4.31. The predicted molar refractivity (Wildman–Crippen MR) is 195 cm³/mol. The van der Waals surface area contributed by atoms with Gasteiger partial charge in [-0.3, -0.25) is 10.1 Å². The average Bonchev–Trinajstić information content (AvgIpc) is 3.42. The molecule has 0 amide bonds. The van der Waals surface area contributed by atoms with E-state index < -0.39 is 29.7 Å². The molecule has 4 rings (SSSR count). The van der Waals surface area contributed by atoms with Crippen LogP contribution in [-0.2, 0) is 22.0 Å². The first kappa shape index (κ1) is 36.9. The van der Waals surface area contributed by atoms with Crippen LogP contribution in [-0.4, -0.2) is 54.3 Å². The number of rotatable bonds is 14. The number of aromatic nitrogens is 4. The summed E-state index contributed by atoms with van der Waals surface area (Å²) < 4.78 is 26.3. The highest BCUT2D eigenvalue weighted by Crippen LogP contribution is 2.38. The molecule has 0 aliphatic heterocycles. The molecule has 1 unspecified atom stereocenters. The van der Waals surface area contributed by atoms with Gasteiger partial charge < -0.3 is 14.3 Å². The summed E-state index contributed by atoms with van der Waals surface area (Å²) in [5, 5.41) is 22.0. The van der Waals surface area contributed by atoms with Gasteiger partial charge in [0.05, 0.1) is 56.4 Å². The number of ether oxygens (including phenoxy) is 1. The van der Waals surface area contributed by atoms with E-state index in [1.54, 1.807) is 20.0 Å². The van der Waals surface area contributed by atoms with Crippen molar-refractivity contribution in [1.29, 1.82) is 0 Å². The van der Waals surface area contributed by atoms with Gasteiger partial charge in [-0.1, -0.05) is 46.2 Å². The maximum atomic E-state index is 12.3. The number of aliphatic hydroxyl groups is 1. The molecule has 256 valence electrons. The lowest BCUT2D eigenvalue weighted by atomic mass is 9.89. The highest BCUT2D eigenvalue weighted by Gasteiger charge is 2.37. The van der Waals surface area contributed by atoms with Crippen LogP contribution >= 0.6 is 0 Å². The Morgan fingerprint density at radius 1 is 1.02 bits per heavy atom. The van der Waals surface area contributed by atoms with Crippen LogP contribution in [0.3, 0.4) is 0 Å². The molecule has 0 saturated carbocycles. The third-order valence-electron chi connectivity index (χ3n) is 9.03. The number of benzene rings is 1. The molecule has 0 radical (unpaired) electrons. The summed E-state index contributed by atoms with van der Waals surface area (Å²) in [7, 11) is -3.42. The van der Waals surface area contributed by atoms with E-state index in [2.05, 4.69) is 46.9 Å². The van der Waals surface area contributed by atoms with Crippen molar-refractivity contribution in [2.45, 2.75) is 116 Å². The number of fused-ring (bicyclic) bond motifs is 1. The van der Waals surface area contributed by atoms with E-state index in [0.29, 0.717) is 24.6 Å². The Morgan fingerprint density at radius 3 is 2.36 bits per heavy atom. The summed E-state index contributed by atoms with van der Waals surface area (Å²) >= 11 is 0. The molecule has 4 aromatic rings. The first-order chi connectivity index (χ1) is 21.8. The van der Waals surface area contributed by atoms with Crippen molar-refractivity contribution in [3.8, 4) is 22.8 Å². The normalized spacial score (nSPS) is 14.4. The van der Waals surface area contributed by atoms with Crippen molar-refractivity contribution in [2.24, 2.45) is 5.14 Å². The summed E-state index contributed by atoms with van der Waals surface area (Å²) in [5.74, 6) is 1.37. The van der Waals surface area contributed by atoms with Crippen molar-refractivity contribution in [3.05, 3.63) is 66.1 Å². The van der Waals surface area contributed by atoms with E-state index >= 15 is 0 Å². The Balaban J connectivity index is 1.79. The summed E-state index contributed by atoms with van der Waals surface area (Å²) in [5.41, 5.74) is 3.18. The van der Waals surface area contributed by atoms with Gasteiger partial charge in [-0.15, -0.1) is 0 Å². The standard InChI is InChI=1S/C36H53N5O4SSi/c1-11-14-25(21-36(7,8)46(37)43)29-16-13-17-30(40-29)26-19-31-28(32(20-26)44-24-35(5,6)42)22-38-41(31)33-18-12-15-27(39-33)23-45-47(9,10)34(2,3)4/h12-13,15-20,22,25,42H,11,14,21,23-24,37H2,1-10H3/t25-,46?/m0/s1. The van der Waals surface area contributed by atoms with E-state index in [0.717, 1.165) is 46.4 Å². The van der Waals surface area contributed by atoms with Crippen LogP contribution < -0.4 is 9.88 Å². The fourth-order valence-electron chi connectivity index (χ4n) is 5.15. The zero-order chi connectivity index (χ0) is 34.8. The minimum atomic E-state index is -1.96. The fourth-order valence-corrected chi connectivity index (χ4v) is 6.46. The minimum absolute atomic E-state index is 0.0973. The number of pyridine rings is 2. The molecule has 0 bridgehead atoms. The Bertz CT molecular complexity index is 1710. The highest BCUT2D eigenvalue weighted by molar-refractivity contribution is 7.84. The van der Waals surface area contributed by atoms with E-state index in [-0.39, 0.29) is 17.6 Å². The van der Waals surface area contributed by atoms with Crippen LogP contribution in [0, 0.1) is 0 Å². The molecule has 11 heteroatoms. The average molecular weight is 680 g/mol. The number of nitrogens with two attached hydrogens (primary N) is 1. The van der Waals surface area contributed by atoms with Crippen LogP contribution in [0.25, 0.3) is 28.0 Å². The molecule has 2 atom stereocenters. The van der Waals surface area contributed by atoms with Gasteiger partial charge in [0.2, 0.25) is 0 Å². The zero-order valence-corrected chi connectivity index (χ0v) is 31.6. The lowest BCUT2D eigenvalue weighted by molar-refractivity contribution is 0.0290. The summed E-state index contributed by atoms with van der Waals surface area (Å²) in [6, 6.07) is 15.9. The van der Waals surface area contributed by atoms with Crippen LogP contribution in [0.15, 0.2) is 54.7 Å². The predicted octanol–water partition coefficient (Wildman–Crippen LogP) is 7.83. The van der Waals surface area contributed by atoms with Crippen LogP contribution in [0.5, 0.6) is 5.75 Å². The van der Waals surface area contributed by atoms with Crippen molar-refractivity contribution >= 4 is 30.2 Å². The van der Waals surface area contributed by atoms with E-state index in [9.17, 15) is 9.32 Å². The van der Waals surface area contributed by atoms with Crippen LogP contribution in [0.1, 0.15) is 92.0 Å². The number of hydrogen-bond acceptors (Lipinski definition) is 7. The Labute approximate surface area is 284 Å². The molecule has 9 nitrogen and oxygen atoms in total. The molecular formula is C36H53N5O4SSi. The lowest BCUT2D eigenvalue weighted by Gasteiger charge is -2.36. The van der Waals surface area contributed by atoms with Crippen LogP contribution in [0.2, 0.25) is 18.1 Å². The quantitative estimate of drug-likeness (QED) is 0.130. The molecule has 0 aliphatic carbocycles. The molecular weight excluding hydrogens is 627 g/mol. The fraction of sp³-hybridized carbons (Fsp3) is 0.528. The third kappa shape index (κ3) is 9.14. The topological polar surface area (TPSA) is 125 Å². The van der Waals surface area contributed by atoms with Gasteiger partial charge in [0.15, 0.2) is 14.1 Å². The van der Waals surface area contributed by atoms with Crippen LogP contribution in [0.4, 0.5) is 0 Å². The van der Waals surface area contributed by atoms with Gasteiger partial charge in [0.25, 0.3) is 0 Å². The van der Waals surface area contributed by atoms with Crippen molar-refractivity contribution < 1.29 is 18.5 Å². The smallest absolute Gasteiger partial charge is 0.192 e. The van der Waals surface area contributed by atoms with Crippen molar-refractivity contribution in [2.75, 3.05) is 6.61 Å². The lowest BCUT2D eigenvalue weighted by Crippen LogP contribution is -2.40. The monoisotopic (exact) mass is 679 g/mol. The van der Waals surface area contributed by atoms with Gasteiger partial charge >= 0.3 is 0 Å². The molecule has 0 spiro atoms. The molecule has 3 N–H and O–H groups in total. The maximum absolute atomic E-state index is 12.3. The van der Waals surface area contributed by atoms with Crippen molar-refractivity contribution in [1.82, 2.24) is 19.7 Å². The first-order valence-electron chi connectivity index (χ1n) is 16.4. The second-order valence-electron chi connectivity index (χ2n) is 15.3. The molecule has 1 aromatic carbocycles. The van der Waals surface area contributed by atoms with E-state index in [1.165, 1.54) is 0 Å². The van der Waals surface area contributed by atoms with Gasteiger partial charge in [-0.25, -0.2) is 13.9 Å². The summed E-state index contributed by atoms with van der Waals surface area (Å²) in [6.45, 7) is 21.2. The summed E-state index contributed by atoms with van der Waals surface area (Å²) in [4.78, 5) is 10.1. The van der Waals surface area contributed by atoms with Gasteiger partial charge in [-0.2, -0.15) is 5.10 Å². The van der Waals surface area contributed by atoms with Gasteiger partial charge in [-0.05, 0) is 95.1 Å². The van der Waals surface area contributed by atoms with Gasteiger partial charge in [0.1, 0.15) is 12.4 Å². The van der Waals surface area contributed by atoms with E-state index in [1.807, 2.05) is 61.0 Å². The highest BCUT2D eigenvalue weighted by atomic mass is 32.2. The molecule has 47 heavy (non-hydrogen) atoms.